The van der Waals surface area contributed by atoms with Crippen LogP contribution in [0.2, 0.25) is 0 Å². The third-order valence-corrected chi connectivity index (χ3v) is 2.89. The molecule has 100 valence electrons. The molecule has 6 heteroatoms. The number of halogens is 1. The van der Waals surface area contributed by atoms with Crippen molar-refractivity contribution in [2.75, 3.05) is 31.7 Å². The lowest BCUT2D eigenvalue weighted by Gasteiger charge is -2.19. The summed E-state index contributed by atoms with van der Waals surface area (Å²) < 4.78 is 5.24. The number of likely N-dealkylation sites (N-methyl/N-ethyl adjacent to an activating group) is 1. The minimum Gasteiger partial charge on any atom is -0.380 e. The monoisotopic (exact) mass is 272 g/mol. The molecule has 0 radical (unpaired) electrons. The first kappa shape index (κ1) is 14.7. The molecule has 0 fully saturated rings. The van der Waals surface area contributed by atoms with Gasteiger partial charge in [0.15, 0.2) is 0 Å². The van der Waals surface area contributed by atoms with Gasteiger partial charge in [-0.2, -0.15) is 0 Å². The van der Waals surface area contributed by atoms with E-state index in [4.69, 9.17) is 16.3 Å². The van der Waals surface area contributed by atoms with Gasteiger partial charge in [0.05, 0.1) is 11.5 Å². The first-order chi connectivity index (χ1) is 8.60. The molecule has 0 atom stereocenters. The molecule has 0 aliphatic carbocycles. The number of nitro groups is 1. The van der Waals surface area contributed by atoms with Gasteiger partial charge in [0.25, 0.3) is 5.69 Å². The minimum atomic E-state index is -0.386. The molecular weight excluding hydrogens is 256 g/mol. The fourth-order valence-corrected chi connectivity index (χ4v) is 1.75. The van der Waals surface area contributed by atoms with E-state index < -0.39 is 0 Å². The molecule has 5 nitrogen and oxygen atoms in total. The highest BCUT2D eigenvalue weighted by Crippen LogP contribution is 2.28. The van der Waals surface area contributed by atoms with Crippen LogP contribution in [-0.2, 0) is 10.6 Å². The average Bonchev–Trinajstić information content (AvgIpc) is 2.38. The smallest absolute Gasteiger partial charge is 0.292 e. The highest BCUT2D eigenvalue weighted by atomic mass is 35.5. The second-order valence-corrected chi connectivity index (χ2v) is 4.10. The number of alkyl halides is 1. The van der Waals surface area contributed by atoms with Crippen LogP contribution in [0.1, 0.15) is 12.5 Å². The summed E-state index contributed by atoms with van der Waals surface area (Å²) in [7, 11) is 1.81. The van der Waals surface area contributed by atoms with Gasteiger partial charge in [-0.1, -0.05) is 6.07 Å². The Labute approximate surface area is 111 Å². The van der Waals surface area contributed by atoms with Crippen LogP contribution < -0.4 is 4.90 Å². The number of hydrogen-bond donors (Lipinski definition) is 0. The van der Waals surface area contributed by atoms with Gasteiger partial charge in [0.2, 0.25) is 0 Å². The Morgan fingerprint density at radius 2 is 2.22 bits per heavy atom. The number of nitro benzene ring substituents is 1. The Kier molecular flexibility index (Phi) is 5.88. The molecule has 1 aromatic carbocycles. The molecule has 0 aliphatic heterocycles. The minimum absolute atomic E-state index is 0.0761. The van der Waals surface area contributed by atoms with Crippen LogP contribution in [0.3, 0.4) is 0 Å². The summed E-state index contributed by atoms with van der Waals surface area (Å²) in [6, 6.07) is 5.04. The van der Waals surface area contributed by atoms with E-state index in [0.29, 0.717) is 25.4 Å². The van der Waals surface area contributed by atoms with E-state index in [2.05, 4.69) is 0 Å². The van der Waals surface area contributed by atoms with Gasteiger partial charge < -0.3 is 9.64 Å². The van der Waals surface area contributed by atoms with Crippen LogP contribution in [0.25, 0.3) is 0 Å². The van der Waals surface area contributed by atoms with E-state index >= 15 is 0 Å². The van der Waals surface area contributed by atoms with Gasteiger partial charge in [0, 0.05) is 32.1 Å². The Bertz CT molecular complexity index is 412. The molecule has 18 heavy (non-hydrogen) atoms. The number of anilines is 1. The van der Waals surface area contributed by atoms with Crippen LogP contribution in [-0.4, -0.2) is 31.7 Å². The number of hydrogen-bond acceptors (Lipinski definition) is 4. The summed E-state index contributed by atoms with van der Waals surface area (Å²) >= 11 is 5.68. The maximum Gasteiger partial charge on any atom is 0.292 e. The molecule has 1 rings (SSSR count). The van der Waals surface area contributed by atoms with E-state index in [-0.39, 0.29) is 16.5 Å². The zero-order valence-electron chi connectivity index (χ0n) is 10.6. The van der Waals surface area contributed by atoms with Gasteiger partial charge in [-0.05, 0) is 18.6 Å². The van der Waals surface area contributed by atoms with E-state index in [1.807, 2.05) is 18.9 Å². The van der Waals surface area contributed by atoms with Crippen molar-refractivity contribution in [2.24, 2.45) is 0 Å². The van der Waals surface area contributed by atoms with Crippen LogP contribution in [0.15, 0.2) is 18.2 Å². The van der Waals surface area contributed by atoms with E-state index in [0.717, 1.165) is 5.56 Å². The fraction of sp³-hybridized carbons (Fsp3) is 0.500. The quantitative estimate of drug-likeness (QED) is 0.331. The van der Waals surface area contributed by atoms with Crippen molar-refractivity contribution < 1.29 is 9.66 Å². The SMILES string of the molecule is CCOCCN(C)c1ccc(CCl)cc1[N+](=O)[O-]. The van der Waals surface area contributed by atoms with Crippen molar-refractivity contribution in [3.63, 3.8) is 0 Å². The van der Waals surface area contributed by atoms with Crippen LogP contribution in [0, 0.1) is 10.1 Å². The molecule has 0 saturated carbocycles. The lowest BCUT2D eigenvalue weighted by Crippen LogP contribution is -2.23. The number of nitrogens with zero attached hydrogens (tertiary/aromatic N) is 2. The fourth-order valence-electron chi connectivity index (χ4n) is 1.59. The molecular formula is C12H17ClN2O3. The summed E-state index contributed by atoms with van der Waals surface area (Å²) in [5.74, 6) is 0.268. The molecule has 0 aliphatic rings. The highest BCUT2D eigenvalue weighted by molar-refractivity contribution is 6.17. The summed E-state index contributed by atoms with van der Waals surface area (Å²) in [6.07, 6.45) is 0. The van der Waals surface area contributed by atoms with Gasteiger partial charge in [-0.3, -0.25) is 10.1 Å². The Hall–Kier alpha value is -1.33. The standard InChI is InChI=1S/C12H17ClN2O3/c1-3-18-7-6-14(2)11-5-4-10(9-13)8-12(11)15(16)17/h4-5,8H,3,6-7,9H2,1-2H3. The topological polar surface area (TPSA) is 55.6 Å². The van der Waals surface area contributed by atoms with Gasteiger partial charge in [0.1, 0.15) is 5.69 Å². The molecule has 0 unspecified atom stereocenters. The van der Waals surface area contributed by atoms with E-state index in [9.17, 15) is 10.1 Å². The van der Waals surface area contributed by atoms with Crippen LogP contribution in [0.4, 0.5) is 11.4 Å². The number of rotatable bonds is 7. The maximum absolute atomic E-state index is 11.0. The van der Waals surface area contributed by atoms with Crippen molar-refractivity contribution in [3.05, 3.63) is 33.9 Å². The molecule has 1 aromatic rings. The average molecular weight is 273 g/mol. The summed E-state index contributed by atoms with van der Waals surface area (Å²) in [6.45, 7) is 3.70. The lowest BCUT2D eigenvalue weighted by atomic mass is 10.2. The molecule has 0 aromatic heterocycles. The zero-order chi connectivity index (χ0) is 13.5. The predicted molar refractivity (Wildman–Crippen MR) is 72.4 cm³/mol. The Morgan fingerprint density at radius 3 is 2.78 bits per heavy atom. The molecule has 0 heterocycles. The Balaban J connectivity index is 2.89. The third-order valence-electron chi connectivity index (χ3n) is 2.58. The highest BCUT2D eigenvalue weighted by Gasteiger charge is 2.17. The summed E-state index contributed by atoms with van der Waals surface area (Å²) in [4.78, 5) is 12.5. The largest absolute Gasteiger partial charge is 0.380 e. The molecule has 0 bridgehead atoms. The van der Waals surface area contributed by atoms with E-state index in [1.54, 1.807) is 12.1 Å². The molecule has 0 amide bonds. The first-order valence-electron chi connectivity index (χ1n) is 5.72. The lowest BCUT2D eigenvalue weighted by molar-refractivity contribution is -0.384. The molecule has 0 spiro atoms. The zero-order valence-corrected chi connectivity index (χ0v) is 11.3. The van der Waals surface area contributed by atoms with Crippen molar-refractivity contribution in [2.45, 2.75) is 12.8 Å². The Morgan fingerprint density at radius 1 is 1.50 bits per heavy atom. The van der Waals surface area contributed by atoms with Crippen LogP contribution >= 0.6 is 11.6 Å². The third kappa shape index (κ3) is 3.85. The van der Waals surface area contributed by atoms with Crippen molar-refractivity contribution in [3.8, 4) is 0 Å². The van der Waals surface area contributed by atoms with Crippen molar-refractivity contribution in [1.82, 2.24) is 0 Å². The second-order valence-electron chi connectivity index (χ2n) is 3.83. The van der Waals surface area contributed by atoms with Crippen molar-refractivity contribution in [1.29, 1.82) is 0 Å². The number of benzene rings is 1. The van der Waals surface area contributed by atoms with E-state index in [1.165, 1.54) is 6.07 Å². The van der Waals surface area contributed by atoms with Gasteiger partial charge >= 0.3 is 0 Å². The predicted octanol–water partition coefficient (Wildman–Crippen LogP) is 2.81. The second kappa shape index (κ2) is 7.18. The molecule has 0 saturated heterocycles. The van der Waals surface area contributed by atoms with Gasteiger partial charge in [-0.15, -0.1) is 11.6 Å². The maximum atomic E-state index is 11.0. The normalized spacial score (nSPS) is 10.4. The van der Waals surface area contributed by atoms with Gasteiger partial charge in [-0.25, -0.2) is 0 Å². The van der Waals surface area contributed by atoms with Crippen molar-refractivity contribution >= 4 is 23.0 Å². The summed E-state index contributed by atoms with van der Waals surface area (Å²) in [5.41, 5.74) is 1.39. The van der Waals surface area contributed by atoms with Crippen LogP contribution in [0.5, 0.6) is 0 Å². The molecule has 0 N–H and O–H groups in total. The summed E-state index contributed by atoms with van der Waals surface area (Å²) in [5, 5.41) is 11.0. The first-order valence-corrected chi connectivity index (χ1v) is 6.25. The number of ether oxygens (including phenoxy) is 1.